The number of carbonyl (C=O) groups is 2. The minimum Gasteiger partial charge on any atom is -0.365 e. The topological polar surface area (TPSA) is 84.2 Å². The number of fused-ring (bicyclic) bond motifs is 1. The smallest absolute Gasteiger partial charge is 0.324 e. The van der Waals surface area contributed by atoms with E-state index >= 15 is 0 Å². The molecule has 1 saturated heterocycles. The first-order valence-corrected chi connectivity index (χ1v) is 11.0. The van der Waals surface area contributed by atoms with Crippen molar-refractivity contribution in [1.29, 1.82) is 0 Å². The number of nitrogens with zero attached hydrogens (tertiary/aromatic N) is 1. The highest BCUT2D eigenvalue weighted by Gasteiger charge is 2.52. The van der Waals surface area contributed by atoms with Gasteiger partial charge in [0.25, 0.3) is 5.91 Å². The van der Waals surface area contributed by atoms with E-state index in [4.69, 9.17) is 17.3 Å². The molecular weight excluding hydrogens is 408 g/mol. The molecule has 1 fully saturated rings. The number of hydrogen-bond donors (Lipinski definition) is 3. The third kappa shape index (κ3) is 3.63. The summed E-state index contributed by atoms with van der Waals surface area (Å²) in [4.78, 5) is 25.9. The monoisotopic (exact) mass is 433 g/mol. The Hall–Kier alpha value is -2.09. The molecule has 0 radical (unpaired) electrons. The zero-order valence-corrected chi connectivity index (χ0v) is 18.3. The van der Waals surface area contributed by atoms with Crippen LogP contribution in [0.5, 0.6) is 0 Å². The molecule has 4 N–H and O–H groups in total. The molecule has 8 heteroatoms. The number of urea groups is 1. The Kier molecular flexibility index (Phi) is 5.09. The van der Waals surface area contributed by atoms with E-state index in [0.717, 1.165) is 29.3 Å². The van der Waals surface area contributed by atoms with Gasteiger partial charge in [-0.2, -0.15) is 0 Å². The predicted octanol–water partition coefficient (Wildman–Crippen LogP) is 4.24. The predicted molar refractivity (Wildman–Crippen MR) is 118 cm³/mol. The molecule has 1 aliphatic heterocycles. The number of benzene rings is 1. The number of nitrogens with one attached hydrogen (secondary N) is 2. The van der Waals surface area contributed by atoms with Crippen LogP contribution < -0.4 is 16.4 Å². The summed E-state index contributed by atoms with van der Waals surface area (Å²) in [6.45, 7) is 1.18. The number of anilines is 2. The third-order valence-corrected chi connectivity index (χ3v) is 8.04. The summed E-state index contributed by atoms with van der Waals surface area (Å²) >= 11 is 7.37. The summed E-state index contributed by atoms with van der Waals surface area (Å²) in [6.07, 6.45) is 5.22. The molecule has 1 atom stereocenters. The zero-order chi connectivity index (χ0) is 20.8. The van der Waals surface area contributed by atoms with Gasteiger partial charge in [-0.05, 0) is 36.2 Å². The van der Waals surface area contributed by atoms with Gasteiger partial charge in [0.2, 0.25) is 0 Å². The van der Waals surface area contributed by atoms with Gasteiger partial charge in [-0.3, -0.25) is 10.1 Å². The summed E-state index contributed by atoms with van der Waals surface area (Å²) < 4.78 is 1.01. The third-order valence-electron chi connectivity index (χ3n) is 6.64. The van der Waals surface area contributed by atoms with Gasteiger partial charge in [0, 0.05) is 41.3 Å². The number of rotatable bonds is 3. The maximum Gasteiger partial charge on any atom is 0.324 e. The molecule has 2 aromatic rings. The molecule has 6 nitrogen and oxygen atoms in total. The van der Waals surface area contributed by atoms with Crippen LogP contribution in [0.3, 0.4) is 0 Å². The Labute approximate surface area is 179 Å². The summed E-state index contributed by atoms with van der Waals surface area (Å²) in [5, 5.41) is 6.74. The Balaban J connectivity index is 1.59. The van der Waals surface area contributed by atoms with E-state index in [0.29, 0.717) is 21.3 Å². The standard InChI is InChI=1S/C21H25ClN4O2S/c1-26(2)11-3-9-21(26)10-8-15-16(12-21)29-19(17(15)18(23)27)25-20(28)24-14-6-4-13(22)5-7-14/h4-7H,3,8-12H2,1-2H3,(H3-,23,24,25,27,28)/p+1. The number of carbonyl (C=O) groups excluding carboxylic acids is 2. The summed E-state index contributed by atoms with van der Waals surface area (Å²) in [7, 11) is 4.61. The maximum atomic E-state index is 12.5. The van der Waals surface area contributed by atoms with Crippen molar-refractivity contribution in [1.82, 2.24) is 0 Å². The summed E-state index contributed by atoms with van der Waals surface area (Å²) in [6, 6.07) is 6.45. The van der Waals surface area contributed by atoms with Crippen LogP contribution in [-0.4, -0.2) is 42.6 Å². The molecule has 4 rings (SSSR count). The average Bonchev–Trinajstić information content (AvgIpc) is 3.13. The zero-order valence-electron chi connectivity index (χ0n) is 16.7. The van der Waals surface area contributed by atoms with Crippen molar-refractivity contribution in [2.75, 3.05) is 31.3 Å². The number of hydrogen-bond acceptors (Lipinski definition) is 3. The van der Waals surface area contributed by atoms with Crippen molar-refractivity contribution >= 4 is 45.6 Å². The van der Waals surface area contributed by atoms with Crippen molar-refractivity contribution in [2.24, 2.45) is 5.73 Å². The highest BCUT2D eigenvalue weighted by Crippen LogP contribution is 2.48. The van der Waals surface area contributed by atoms with Crippen LogP contribution in [0.4, 0.5) is 15.5 Å². The number of quaternary nitrogens is 1. The van der Waals surface area contributed by atoms with Gasteiger partial charge in [-0.1, -0.05) is 11.6 Å². The van der Waals surface area contributed by atoms with Crippen LogP contribution in [0, 0.1) is 0 Å². The number of halogens is 1. The largest absolute Gasteiger partial charge is 0.365 e. The number of nitrogens with two attached hydrogens (primary N) is 1. The number of primary amides is 1. The Morgan fingerprint density at radius 3 is 2.52 bits per heavy atom. The molecule has 1 unspecified atom stereocenters. The highest BCUT2D eigenvalue weighted by molar-refractivity contribution is 7.17. The van der Waals surface area contributed by atoms with Gasteiger partial charge in [-0.15, -0.1) is 11.3 Å². The fourth-order valence-corrected chi connectivity index (χ4v) is 6.40. The normalized spacial score (nSPS) is 22.3. The fraction of sp³-hybridized carbons (Fsp3) is 0.429. The van der Waals surface area contributed by atoms with Crippen molar-refractivity contribution in [3.05, 3.63) is 45.3 Å². The Morgan fingerprint density at radius 2 is 1.90 bits per heavy atom. The van der Waals surface area contributed by atoms with Gasteiger partial charge in [0.1, 0.15) is 10.5 Å². The second-order valence-electron chi connectivity index (χ2n) is 8.57. The summed E-state index contributed by atoms with van der Waals surface area (Å²) in [5.74, 6) is -0.486. The van der Waals surface area contributed by atoms with Crippen LogP contribution >= 0.6 is 22.9 Å². The molecule has 2 heterocycles. The number of likely N-dealkylation sites (tertiary alicyclic amines) is 1. The molecule has 1 spiro atoms. The second kappa shape index (κ2) is 7.31. The molecule has 154 valence electrons. The van der Waals surface area contributed by atoms with Crippen molar-refractivity contribution < 1.29 is 14.1 Å². The van der Waals surface area contributed by atoms with Gasteiger partial charge < -0.3 is 15.5 Å². The molecule has 0 saturated carbocycles. The average molecular weight is 434 g/mol. The van der Waals surface area contributed by atoms with Gasteiger partial charge >= 0.3 is 6.03 Å². The molecule has 1 aromatic carbocycles. The van der Waals surface area contributed by atoms with E-state index in [1.54, 1.807) is 24.3 Å². The van der Waals surface area contributed by atoms with Crippen molar-refractivity contribution in [3.8, 4) is 0 Å². The van der Waals surface area contributed by atoms with E-state index in [1.165, 1.54) is 35.6 Å². The first-order chi connectivity index (χ1) is 13.7. The first kappa shape index (κ1) is 20.2. The maximum absolute atomic E-state index is 12.5. The molecule has 29 heavy (non-hydrogen) atoms. The lowest BCUT2D eigenvalue weighted by Crippen LogP contribution is -2.57. The molecule has 3 amide bonds. The SMILES string of the molecule is C[N+]1(C)CCCC12CCc1c(sc(NC(=O)Nc3ccc(Cl)cc3)c1C(N)=O)C2. The summed E-state index contributed by atoms with van der Waals surface area (Å²) in [5.41, 5.74) is 8.03. The van der Waals surface area contributed by atoms with E-state index in [2.05, 4.69) is 24.7 Å². The Bertz CT molecular complexity index is 970. The van der Waals surface area contributed by atoms with Gasteiger partial charge in [0.15, 0.2) is 0 Å². The van der Waals surface area contributed by atoms with E-state index in [9.17, 15) is 9.59 Å². The molecule has 0 bridgehead atoms. The Morgan fingerprint density at radius 1 is 1.17 bits per heavy atom. The lowest BCUT2D eigenvalue weighted by Gasteiger charge is -2.45. The second-order valence-corrected chi connectivity index (χ2v) is 10.1. The van der Waals surface area contributed by atoms with E-state index in [1.807, 2.05) is 0 Å². The number of likely N-dealkylation sites (N-methyl/N-ethyl adjacent to an activating group) is 1. The molecule has 1 aliphatic carbocycles. The molecule has 1 aromatic heterocycles. The lowest BCUT2D eigenvalue weighted by molar-refractivity contribution is -0.929. The highest BCUT2D eigenvalue weighted by atomic mass is 35.5. The quantitative estimate of drug-likeness (QED) is 0.632. The van der Waals surface area contributed by atoms with Crippen molar-refractivity contribution in [3.63, 3.8) is 0 Å². The first-order valence-electron chi connectivity index (χ1n) is 9.82. The van der Waals surface area contributed by atoms with Crippen LogP contribution in [-0.2, 0) is 12.8 Å². The van der Waals surface area contributed by atoms with Crippen molar-refractivity contribution in [2.45, 2.75) is 37.6 Å². The van der Waals surface area contributed by atoms with Crippen LogP contribution in [0.25, 0.3) is 0 Å². The van der Waals surface area contributed by atoms with Crippen LogP contribution in [0.15, 0.2) is 24.3 Å². The lowest BCUT2D eigenvalue weighted by atomic mass is 9.78. The van der Waals surface area contributed by atoms with E-state index < -0.39 is 11.9 Å². The number of thiophene rings is 1. The van der Waals surface area contributed by atoms with Gasteiger partial charge in [0.05, 0.1) is 26.2 Å². The number of amides is 3. The fourth-order valence-electron chi connectivity index (χ4n) is 4.89. The molecular formula is C21H26ClN4O2S+. The minimum atomic E-state index is -0.486. The van der Waals surface area contributed by atoms with Gasteiger partial charge in [-0.25, -0.2) is 4.79 Å². The van der Waals surface area contributed by atoms with E-state index in [-0.39, 0.29) is 5.54 Å². The van der Waals surface area contributed by atoms with Crippen LogP contribution in [0.2, 0.25) is 5.02 Å². The molecule has 2 aliphatic rings. The minimum absolute atomic E-state index is 0.218. The van der Waals surface area contributed by atoms with Crippen LogP contribution in [0.1, 0.15) is 40.1 Å².